The summed E-state index contributed by atoms with van der Waals surface area (Å²) in [5.74, 6) is 1.26. The van der Waals surface area contributed by atoms with Gasteiger partial charge >= 0.3 is 0 Å². The Balaban J connectivity index is 1.85. The first-order valence-corrected chi connectivity index (χ1v) is 10.0. The molecule has 2 aromatic rings. The van der Waals surface area contributed by atoms with Crippen molar-refractivity contribution in [3.63, 3.8) is 0 Å². The third kappa shape index (κ3) is 4.39. The van der Waals surface area contributed by atoms with Gasteiger partial charge in [-0.2, -0.15) is 0 Å². The molecule has 0 aliphatic carbocycles. The molecule has 0 aromatic heterocycles. The smallest absolute Gasteiger partial charge is 0.266 e. The van der Waals surface area contributed by atoms with Gasteiger partial charge in [-0.15, -0.1) is 0 Å². The summed E-state index contributed by atoms with van der Waals surface area (Å²) in [6.07, 6.45) is 2.84. The molecule has 0 radical (unpaired) electrons. The molecule has 1 fully saturated rings. The third-order valence-electron chi connectivity index (χ3n) is 4.36. The van der Waals surface area contributed by atoms with Gasteiger partial charge in [0.2, 0.25) is 0 Å². The fourth-order valence-corrected chi connectivity index (χ4v) is 3.76. The van der Waals surface area contributed by atoms with E-state index in [-0.39, 0.29) is 5.91 Å². The Morgan fingerprint density at radius 2 is 1.86 bits per heavy atom. The Bertz CT molecular complexity index is 920. The molecular formula is C22H24N2O3S. The van der Waals surface area contributed by atoms with Crippen LogP contribution in [0, 0.1) is 0 Å². The maximum Gasteiger partial charge on any atom is 0.266 e. The fourth-order valence-electron chi connectivity index (χ4n) is 2.77. The summed E-state index contributed by atoms with van der Waals surface area (Å²) in [4.78, 5) is 19.5. The first-order chi connectivity index (χ1) is 13.5. The van der Waals surface area contributed by atoms with Crippen LogP contribution in [0.4, 0.5) is 5.69 Å². The normalized spacial score (nSPS) is 16.9. The molecule has 6 heteroatoms. The molecule has 0 N–H and O–H groups in total. The molecule has 146 valence electrons. The number of aryl methyl sites for hydroxylation is 1. The van der Waals surface area contributed by atoms with Gasteiger partial charge in [-0.3, -0.25) is 9.69 Å². The van der Waals surface area contributed by atoms with E-state index in [1.165, 1.54) is 17.3 Å². The van der Waals surface area contributed by atoms with Gasteiger partial charge in [0.05, 0.1) is 24.3 Å². The summed E-state index contributed by atoms with van der Waals surface area (Å²) in [6.45, 7) is 4.61. The molecule has 5 nitrogen and oxygen atoms in total. The number of amides is 1. The Labute approximate surface area is 170 Å². The van der Waals surface area contributed by atoms with Crippen molar-refractivity contribution in [1.82, 2.24) is 4.90 Å². The van der Waals surface area contributed by atoms with Crippen LogP contribution in [0.2, 0.25) is 0 Å². The fraction of sp³-hybridized carbons (Fsp3) is 0.273. The minimum Gasteiger partial charge on any atom is -0.493 e. The molecule has 0 bridgehead atoms. The Kier molecular flexibility index (Phi) is 6.41. The zero-order valence-corrected chi connectivity index (χ0v) is 17.4. The van der Waals surface area contributed by atoms with Gasteiger partial charge in [0.1, 0.15) is 0 Å². The summed E-state index contributed by atoms with van der Waals surface area (Å²) in [5.41, 5.74) is 2.97. The molecule has 0 spiro atoms. The van der Waals surface area contributed by atoms with Crippen molar-refractivity contribution < 1.29 is 14.3 Å². The third-order valence-corrected chi connectivity index (χ3v) is 5.42. The van der Waals surface area contributed by atoms with Gasteiger partial charge in [0, 0.05) is 7.05 Å². The lowest BCUT2D eigenvalue weighted by molar-refractivity contribution is -0.121. The van der Waals surface area contributed by atoms with Crippen molar-refractivity contribution in [3.8, 4) is 11.5 Å². The molecule has 1 aliphatic rings. The summed E-state index contributed by atoms with van der Waals surface area (Å²) in [5, 5.41) is 0.665. The van der Waals surface area contributed by atoms with Crippen molar-refractivity contribution in [2.75, 3.05) is 20.8 Å². The number of likely N-dealkylation sites (N-methyl/N-ethyl adjacent to an activating group) is 1. The van der Waals surface area contributed by atoms with Gasteiger partial charge in [-0.1, -0.05) is 25.1 Å². The predicted molar refractivity (Wildman–Crippen MR) is 115 cm³/mol. The molecule has 28 heavy (non-hydrogen) atoms. The first kappa shape index (κ1) is 20.0. The highest BCUT2D eigenvalue weighted by Gasteiger charge is 2.30. The number of thioether (sulfide) groups is 1. The van der Waals surface area contributed by atoms with Crippen molar-refractivity contribution >= 4 is 34.6 Å². The maximum atomic E-state index is 12.6. The van der Waals surface area contributed by atoms with Crippen LogP contribution in [-0.2, 0) is 11.2 Å². The van der Waals surface area contributed by atoms with Gasteiger partial charge in [-0.05, 0) is 66.6 Å². The van der Waals surface area contributed by atoms with Crippen LogP contribution in [0.3, 0.4) is 0 Å². The topological polar surface area (TPSA) is 51.1 Å². The van der Waals surface area contributed by atoms with E-state index < -0.39 is 0 Å². The number of rotatable bonds is 6. The Morgan fingerprint density at radius 1 is 1.11 bits per heavy atom. The average molecular weight is 397 g/mol. The van der Waals surface area contributed by atoms with E-state index >= 15 is 0 Å². The summed E-state index contributed by atoms with van der Waals surface area (Å²) in [6, 6.07) is 13.7. The van der Waals surface area contributed by atoms with E-state index in [9.17, 15) is 4.79 Å². The highest BCUT2D eigenvalue weighted by atomic mass is 32.2. The van der Waals surface area contributed by atoms with E-state index in [0.717, 1.165) is 17.7 Å². The molecule has 0 atom stereocenters. The Hall–Kier alpha value is -2.73. The number of nitrogens with zero attached hydrogens (tertiary/aromatic N) is 2. The van der Waals surface area contributed by atoms with Crippen molar-refractivity contribution in [1.29, 1.82) is 0 Å². The van der Waals surface area contributed by atoms with Crippen molar-refractivity contribution in [3.05, 3.63) is 58.5 Å². The molecule has 1 saturated heterocycles. The summed E-state index contributed by atoms with van der Waals surface area (Å²) in [7, 11) is 3.35. The van der Waals surface area contributed by atoms with Crippen LogP contribution >= 0.6 is 11.8 Å². The highest BCUT2D eigenvalue weighted by molar-refractivity contribution is 8.18. The van der Waals surface area contributed by atoms with E-state index in [0.29, 0.717) is 28.2 Å². The molecule has 0 unspecified atom stereocenters. The molecule has 0 saturated carbocycles. The average Bonchev–Trinajstić information content (AvgIpc) is 2.97. The zero-order valence-electron chi connectivity index (χ0n) is 16.6. The monoisotopic (exact) mass is 396 g/mol. The van der Waals surface area contributed by atoms with Crippen LogP contribution in [0.15, 0.2) is 52.4 Å². The number of hydrogen-bond acceptors (Lipinski definition) is 5. The Morgan fingerprint density at radius 3 is 2.50 bits per heavy atom. The number of hydrogen-bond donors (Lipinski definition) is 0. The number of carbonyl (C=O) groups is 1. The quantitative estimate of drug-likeness (QED) is 0.653. The minimum atomic E-state index is -0.0678. The van der Waals surface area contributed by atoms with E-state index in [1.807, 2.05) is 43.3 Å². The second-order valence-electron chi connectivity index (χ2n) is 6.23. The number of ether oxygens (including phenoxy) is 2. The van der Waals surface area contributed by atoms with Gasteiger partial charge in [0.15, 0.2) is 16.7 Å². The number of methoxy groups -OCH3 is 1. The van der Waals surface area contributed by atoms with E-state index in [4.69, 9.17) is 9.47 Å². The summed E-state index contributed by atoms with van der Waals surface area (Å²) >= 11 is 1.37. The largest absolute Gasteiger partial charge is 0.493 e. The molecule has 3 rings (SSSR count). The molecule has 2 aromatic carbocycles. The number of benzene rings is 2. The zero-order chi connectivity index (χ0) is 20.1. The maximum absolute atomic E-state index is 12.6. The van der Waals surface area contributed by atoms with E-state index in [1.54, 1.807) is 19.1 Å². The van der Waals surface area contributed by atoms with Gasteiger partial charge in [0.25, 0.3) is 5.91 Å². The molecular weight excluding hydrogens is 372 g/mol. The van der Waals surface area contributed by atoms with Crippen LogP contribution in [0.1, 0.15) is 25.0 Å². The standard InChI is InChI=1S/C22H24N2O3S/c1-5-15-7-10-17(11-8-15)23-22-24(3)21(25)20(28-22)14-16-9-12-18(27-6-2)19(13-16)26-4/h7-14H,5-6H2,1-4H3/b20-14+,23-22?. The lowest BCUT2D eigenvalue weighted by atomic mass is 10.2. The van der Waals surface area contributed by atoms with Crippen LogP contribution in [0.5, 0.6) is 11.5 Å². The second-order valence-corrected chi connectivity index (χ2v) is 7.24. The lowest BCUT2D eigenvalue weighted by Crippen LogP contribution is -2.23. The molecule has 1 aliphatic heterocycles. The van der Waals surface area contributed by atoms with Gasteiger partial charge in [-0.25, -0.2) is 4.99 Å². The van der Waals surface area contributed by atoms with Crippen LogP contribution < -0.4 is 9.47 Å². The molecule has 1 heterocycles. The molecule has 1 amide bonds. The van der Waals surface area contributed by atoms with Crippen molar-refractivity contribution in [2.24, 2.45) is 4.99 Å². The van der Waals surface area contributed by atoms with Crippen LogP contribution in [-0.4, -0.2) is 36.7 Å². The van der Waals surface area contributed by atoms with Crippen LogP contribution in [0.25, 0.3) is 6.08 Å². The highest BCUT2D eigenvalue weighted by Crippen LogP contribution is 2.35. The van der Waals surface area contributed by atoms with Gasteiger partial charge < -0.3 is 9.47 Å². The second kappa shape index (κ2) is 8.97. The summed E-state index contributed by atoms with van der Waals surface area (Å²) < 4.78 is 10.9. The predicted octanol–water partition coefficient (Wildman–Crippen LogP) is 4.89. The SMILES string of the molecule is CCOc1ccc(/C=C2/SC(=Nc3ccc(CC)cc3)N(C)C2=O)cc1OC. The lowest BCUT2D eigenvalue weighted by Gasteiger charge is -2.09. The number of carbonyl (C=O) groups excluding carboxylic acids is 1. The number of aliphatic imine (C=N–C) groups is 1. The van der Waals surface area contributed by atoms with E-state index in [2.05, 4.69) is 24.0 Å². The number of amidine groups is 1. The first-order valence-electron chi connectivity index (χ1n) is 9.21. The van der Waals surface area contributed by atoms with Crippen molar-refractivity contribution in [2.45, 2.75) is 20.3 Å². The minimum absolute atomic E-state index is 0.0678.